The third kappa shape index (κ3) is 2.90. The molecule has 0 spiro atoms. The average Bonchev–Trinajstić information content (AvgIpc) is 2.88. The molecule has 1 aromatic carbocycles. The monoisotopic (exact) mass is 323 g/mol. The highest BCUT2D eigenvalue weighted by molar-refractivity contribution is 6.14. The van der Waals surface area contributed by atoms with Crippen LogP contribution in [0.3, 0.4) is 0 Å². The van der Waals surface area contributed by atoms with E-state index in [1.165, 1.54) is 0 Å². The molecule has 5 heteroatoms. The highest BCUT2D eigenvalue weighted by atomic mass is 16.1. The number of rotatable bonds is 5. The van der Waals surface area contributed by atoms with Crippen molar-refractivity contribution in [2.75, 3.05) is 27.2 Å². The lowest BCUT2D eigenvalue weighted by Crippen LogP contribution is -2.31. The zero-order valence-electron chi connectivity index (χ0n) is 14.2. The Labute approximate surface area is 140 Å². The fraction of sp³-hybridized carbons (Fsp3) is 0.263. The van der Waals surface area contributed by atoms with E-state index in [4.69, 9.17) is 0 Å². The SMILES string of the molecule is CC(=O)c1ccc2c(C(=O)NCCN(C)C)c3ccccc3n2c1. The van der Waals surface area contributed by atoms with Crippen LogP contribution in [-0.2, 0) is 0 Å². The Hall–Kier alpha value is -2.66. The molecule has 3 rings (SSSR count). The normalized spacial score (nSPS) is 11.3. The largest absolute Gasteiger partial charge is 0.351 e. The Morgan fingerprint density at radius 1 is 1.08 bits per heavy atom. The molecule has 0 aliphatic heterocycles. The minimum absolute atomic E-state index is 0.00617. The lowest BCUT2D eigenvalue weighted by molar-refractivity contribution is 0.0953. The first-order valence-electron chi connectivity index (χ1n) is 7.95. The molecule has 0 saturated carbocycles. The highest BCUT2D eigenvalue weighted by Gasteiger charge is 2.18. The molecule has 2 heterocycles. The van der Waals surface area contributed by atoms with Gasteiger partial charge in [0.25, 0.3) is 5.91 Å². The summed E-state index contributed by atoms with van der Waals surface area (Å²) in [5, 5.41) is 3.87. The van der Waals surface area contributed by atoms with E-state index in [0.717, 1.165) is 23.0 Å². The number of pyridine rings is 1. The minimum Gasteiger partial charge on any atom is -0.351 e. The summed E-state index contributed by atoms with van der Waals surface area (Å²) < 4.78 is 1.92. The van der Waals surface area contributed by atoms with Gasteiger partial charge >= 0.3 is 0 Å². The molecule has 0 saturated heterocycles. The Kier molecular flexibility index (Phi) is 4.36. The fourth-order valence-electron chi connectivity index (χ4n) is 2.87. The first kappa shape index (κ1) is 16.2. The van der Waals surface area contributed by atoms with Gasteiger partial charge in [0.05, 0.1) is 16.6 Å². The number of nitrogens with one attached hydrogen (secondary N) is 1. The van der Waals surface area contributed by atoms with Crippen molar-refractivity contribution in [1.82, 2.24) is 14.6 Å². The second-order valence-corrected chi connectivity index (χ2v) is 6.18. The number of carbonyl (C=O) groups excluding carboxylic acids is 2. The quantitative estimate of drug-likeness (QED) is 0.734. The van der Waals surface area contributed by atoms with Gasteiger partial charge in [0.2, 0.25) is 0 Å². The zero-order chi connectivity index (χ0) is 17.3. The molecule has 0 bridgehead atoms. The maximum absolute atomic E-state index is 12.7. The van der Waals surface area contributed by atoms with Crippen LogP contribution in [0.25, 0.3) is 16.4 Å². The van der Waals surface area contributed by atoms with E-state index in [2.05, 4.69) is 5.32 Å². The number of carbonyl (C=O) groups is 2. The number of para-hydroxylation sites is 1. The van der Waals surface area contributed by atoms with E-state index in [1.807, 2.05) is 53.7 Å². The van der Waals surface area contributed by atoms with E-state index in [-0.39, 0.29) is 11.7 Å². The number of ketones is 1. The van der Waals surface area contributed by atoms with Crippen LogP contribution in [0, 0.1) is 0 Å². The van der Waals surface area contributed by atoms with Gasteiger partial charge in [-0.05, 0) is 39.2 Å². The van der Waals surface area contributed by atoms with Crippen LogP contribution >= 0.6 is 0 Å². The number of hydrogen-bond acceptors (Lipinski definition) is 3. The zero-order valence-corrected chi connectivity index (χ0v) is 14.2. The Balaban J connectivity index is 2.11. The van der Waals surface area contributed by atoms with E-state index in [9.17, 15) is 9.59 Å². The summed E-state index contributed by atoms with van der Waals surface area (Å²) in [4.78, 5) is 26.4. The standard InChI is InChI=1S/C19H21N3O2/c1-13(23)14-8-9-17-18(19(24)20-10-11-21(2)3)15-6-4-5-7-16(15)22(17)12-14/h4-9,12H,10-11H2,1-3H3,(H,20,24). The number of nitrogens with zero attached hydrogens (tertiary/aromatic N) is 2. The molecule has 0 unspecified atom stereocenters. The Morgan fingerprint density at radius 2 is 1.83 bits per heavy atom. The summed E-state index contributed by atoms with van der Waals surface area (Å²) in [7, 11) is 3.94. The van der Waals surface area contributed by atoms with Crippen molar-refractivity contribution in [3.63, 3.8) is 0 Å². The maximum atomic E-state index is 12.7. The topological polar surface area (TPSA) is 53.8 Å². The molecule has 24 heavy (non-hydrogen) atoms. The average molecular weight is 323 g/mol. The van der Waals surface area contributed by atoms with Crippen molar-refractivity contribution in [3.8, 4) is 0 Å². The number of hydrogen-bond donors (Lipinski definition) is 1. The second-order valence-electron chi connectivity index (χ2n) is 6.18. The number of amides is 1. The molecular formula is C19H21N3O2. The van der Waals surface area contributed by atoms with E-state index >= 15 is 0 Å². The predicted octanol–water partition coefficient (Wildman–Crippen LogP) is 2.59. The van der Waals surface area contributed by atoms with Gasteiger partial charge in [-0.25, -0.2) is 0 Å². The summed E-state index contributed by atoms with van der Waals surface area (Å²) in [6, 6.07) is 11.4. The first-order chi connectivity index (χ1) is 11.5. The van der Waals surface area contributed by atoms with Crippen molar-refractivity contribution in [2.24, 2.45) is 0 Å². The molecule has 5 nitrogen and oxygen atoms in total. The number of benzene rings is 1. The summed E-state index contributed by atoms with van der Waals surface area (Å²) in [6.45, 7) is 2.91. The number of Topliss-reactive ketones (excluding diaryl/α,β-unsaturated/α-hetero) is 1. The lowest BCUT2D eigenvalue weighted by atomic mass is 10.1. The maximum Gasteiger partial charge on any atom is 0.254 e. The number of aromatic nitrogens is 1. The van der Waals surface area contributed by atoms with Gasteiger partial charge in [0, 0.05) is 30.2 Å². The summed E-state index contributed by atoms with van der Waals surface area (Å²) in [5.41, 5.74) is 3.01. The molecule has 2 aromatic heterocycles. The molecular weight excluding hydrogens is 302 g/mol. The Morgan fingerprint density at radius 3 is 2.54 bits per heavy atom. The molecule has 0 aliphatic rings. The van der Waals surface area contributed by atoms with E-state index in [0.29, 0.717) is 17.7 Å². The lowest BCUT2D eigenvalue weighted by Gasteiger charge is -2.10. The van der Waals surface area contributed by atoms with Gasteiger partial charge < -0.3 is 14.6 Å². The van der Waals surface area contributed by atoms with Crippen LogP contribution in [0.2, 0.25) is 0 Å². The van der Waals surface area contributed by atoms with Crippen LogP contribution in [-0.4, -0.2) is 48.2 Å². The van der Waals surface area contributed by atoms with Crippen LogP contribution in [0.4, 0.5) is 0 Å². The van der Waals surface area contributed by atoms with Crippen molar-refractivity contribution in [2.45, 2.75) is 6.92 Å². The van der Waals surface area contributed by atoms with Gasteiger partial charge in [0.1, 0.15) is 0 Å². The first-order valence-corrected chi connectivity index (χ1v) is 7.95. The smallest absolute Gasteiger partial charge is 0.254 e. The number of fused-ring (bicyclic) bond motifs is 3. The molecule has 0 radical (unpaired) electrons. The van der Waals surface area contributed by atoms with Gasteiger partial charge in [0.15, 0.2) is 5.78 Å². The van der Waals surface area contributed by atoms with Crippen molar-refractivity contribution in [3.05, 3.63) is 53.7 Å². The van der Waals surface area contributed by atoms with Crippen LogP contribution in [0.15, 0.2) is 42.6 Å². The summed E-state index contributed by atoms with van der Waals surface area (Å²) in [6.07, 6.45) is 1.80. The van der Waals surface area contributed by atoms with E-state index in [1.54, 1.807) is 19.2 Å². The van der Waals surface area contributed by atoms with Gasteiger partial charge in [-0.1, -0.05) is 18.2 Å². The summed E-state index contributed by atoms with van der Waals surface area (Å²) in [5.74, 6) is -0.0854. The van der Waals surface area contributed by atoms with Crippen LogP contribution in [0.1, 0.15) is 27.6 Å². The Bertz CT molecular complexity index is 925. The van der Waals surface area contributed by atoms with Gasteiger partial charge in [-0.3, -0.25) is 9.59 Å². The fourth-order valence-corrected chi connectivity index (χ4v) is 2.87. The van der Waals surface area contributed by atoms with Gasteiger partial charge in [-0.2, -0.15) is 0 Å². The minimum atomic E-state index is -0.0916. The van der Waals surface area contributed by atoms with Crippen LogP contribution in [0.5, 0.6) is 0 Å². The number of likely N-dealkylation sites (N-methyl/N-ethyl adjacent to an activating group) is 1. The van der Waals surface area contributed by atoms with Crippen molar-refractivity contribution in [1.29, 1.82) is 0 Å². The molecule has 1 amide bonds. The third-order valence-electron chi connectivity index (χ3n) is 4.12. The van der Waals surface area contributed by atoms with Crippen molar-refractivity contribution >= 4 is 28.1 Å². The molecule has 0 fully saturated rings. The molecule has 124 valence electrons. The molecule has 1 N–H and O–H groups in total. The molecule has 0 aliphatic carbocycles. The molecule has 0 atom stereocenters. The van der Waals surface area contributed by atoms with Gasteiger partial charge in [-0.15, -0.1) is 0 Å². The van der Waals surface area contributed by atoms with Crippen molar-refractivity contribution < 1.29 is 9.59 Å². The highest BCUT2D eigenvalue weighted by Crippen LogP contribution is 2.27. The van der Waals surface area contributed by atoms with E-state index < -0.39 is 0 Å². The predicted molar refractivity (Wildman–Crippen MR) is 95.8 cm³/mol. The van der Waals surface area contributed by atoms with Crippen LogP contribution < -0.4 is 5.32 Å². The third-order valence-corrected chi connectivity index (χ3v) is 4.12. The summed E-state index contributed by atoms with van der Waals surface area (Å²) >= 11 is 0. The second kappa shape index (κ2) is 6.45. The molecule has 3 aromatic rings.